The summed E-state index contributed by atoms with van der Waals surface area (Å²) in [5.41, 5.74) is 1.62. The Labute approximate surface area is 204 Å². The van der Waals surface area contributed by atoms with Crippen molar-refractivity contribution in [2.24, 2.45) is 0 Å². The van der Waals surface area contributed by atoms with Crippen molar-refractivity contribution >= 4 is 17.6 Å². The first kappa shape index (κ1) is 25.1. The van der Waals surface area contributed by atoms with Gasteiger partial charge in [-0.3, -0.25) is 4.79 Å². The zero-order valence-corrected chi connectivity index (χ0v) is 19.6. The van der Waals surface area contributed by atoms with Crippen molar-refractivity contribution in [1.29, 1.82) is 0 Å². The molecular formula is C26H32FN3O5. The third-order valence-corrected chi connectivity index (χ3v) is 6.33. The Morgan fingerprint density at radius 2 is 1.83 bits per heavy atom. The number of aliphatic hydroxyl groups is 1. The van der Waals surface area contributed by atoms with Crippen molar-refractivity contribution in [3.8, 4) is 0 Å². The second kappa shape index (κ2) is 12.1. The molecule has 0 spiro atoms. The highest BCUT2D eigenvalue weighted by Crippen LogP contribution is 2.28. The van der Waals surface area contributed by atoms with Crippen LogP contribution in [-0.2, 0) is 20.7 Å². The van der Waals surface area contributed by atoms with Crippen LogP contribution >= 0.6 is 0 Å². The highest BCUT2D eigenvalue weighted by molar-refractivity contribution is 5.89. The van der Waals surface area contributed by atoms with Gasteiger partial charge in [-0.05, 0) is 49.1 Å². The van der Waals surface area contributed by atoms with Crippen LogP contribution in [0.1, 0.15) is 24.8 Å². The van der Waals surface area contributed by atoms with Crippen molar-refractivity contribution in [2.45, 2.75) is 50.0 Å². The molecule has 2 fully saturated rings. The Bertz CT molecular complexity index is 975. The molecule has 2 aromatic rings. The molecule has 4 rings (SSSR count). The third-order valence-electron chi connectivity index (χ3n) is 6.33. The molecule has 2 aliphatic rings. The van der Waals surface area contributed by atoms with E-state index in [2.05, 4.69) is 10.6 Å². The number of hydrogen-bond acceptors (Lipinski definition) is 5. The van der Waals surface area contributed by atoms with E-state index in [1.54, 1.807) is 4.90 Å². The lowest BCUT2D eigenvalue weighted by molar-refractivity contribution is -0.149. The van der Waals surface area contributed by atoms with Gasteiger partial charge in [0.25, 0.3) is 0 Å². The molecule has 0 saturated carbocycles. The Balaban J connectivity index is 1.32. The number of urea groups is 1. The van der Waals surface area contributed by atoms with Crippen LogP contribution in [0.4, 0.5) is 14.9 Å². The highest BCUT2D eigenvalue weighted by atomic mass is 19.1. The van der Waals surface area contributed by atoms with Gasteiger partial charge >= 0.3 is 6.03 Å². The Morgan fingerprint density at radius 1 is 1.06 bits per heavy atom. The van der Waals surface area contributed by atoms with Gasteiger partial charge in [-0.15, -0.1) is 0 Å². The van der Waals surface area contributed by atoms with Crippen LogP contribution in [0, 0.1) is 5.82 Å². The molecular weight excluding hydrogens is 453 g/mol. The Kier molecular flexibility index (Phi) is 8.68. The Hall–Kier alpha value is -3.01. The number of nitrogens with one attached hydrogen (secondary N) is 2. The molecule has 4 atom stereocenters. The van der Waals surface area contributed by atoms with E-state index in [0.717, 1.165) is 12.0 Å². The number of fused-ring (bicyclic) bond motifs is 1. The number of carbonyl (C=O) groups excluding carboxylic acids is 2. The van der Waals surface area contributed by atoms with Crippen molar-refractivity contribution in [2.75, 3.05) is 31.6 Å². The van der Waals surface area contributed by atoms with Gasteiger partial charge in [0.2, 0.25) is 5.91 Å². The van der Waals surface area contributed by atoms with Crippen LogP contribution in [0.15, 0.2) is 54.6 Å². The fourth-order valence-corrected chi connectivity index (χ4v) is 4.57. The molecule has 0 bridgehead atoms. The van der Waals surface area contributed by atoms with E-state index < -0.39 is 24.1 Å². The van der Waals surface area contributed by atoms with E-state index in [0.29, 0.717) is 25.1 Å². The standard InChI is InChI=1S/C26H32FN3O5/c27-19-6-8-20(9-7-19)29-26(33)30-15-21(31)16-34-17-24-23(30)11-10-22(35-24)14-25(32)28-13-12-18-4-2-1-3-5-18/h1-9,21-24,31H,10-17H2,(H,28,32)(H,29,33)/t21-,22-,23+,24-/m1/s1. The summed E-state index contributed by atoms with van der Waals surface area (Å²) in [6.07, 6.45) is 0.686. The first-order chi connectivity index (χ1) is 17.0. The van der Waals surface area contributed by atoms with Gasteiger partial charge in [-0.1, -0.05) is 30.3 Å². The van der Waals surface area contributed by atoms with Gasteiger partial charge in [-0.25, -0.2) is 9.18 Å². The van der Waals surface area contributed by atoms with Crippen LogP contribution < -0.4 is 10.6 Å². The minimum absolute atomic E-state index is 0.0718. The molecule has 2 aliphatic heterocycles. The predicted molar refractivity (Wildman–Crippen MR) is 128 cm³/mol. The van der Waals surface area contributed by atoms with Crippen LogP contribution in [0.5, 0.6) is 0 Å². The monoisotopic (exact) mass is 485 g/mol. The van der Waals surface area contributed by atoms with Crippen molar-refractivity contribution in [3.63, 3.8) is 0 Å². The number of hydrogen-bond donors (Lipinski definition) is 3. The van der Waals surface area contributed by atoms with E-state index in [-0.39, 0.29) is 44.2 Å². The van der Waals surface area contributed by atoms with Crippen LogP contribution in [-0.4, -0.2) is 72.6 Å². The van der Waals surface area contributed by atoms with Gasteiger partial charge in [0.05, 0.1) is 44.4 Å². The largest absolute Gasteiger partial charge is 0.389 e. The topological polar surface area (TPSA) is 100 Å². The zero-order chi connectivity index (χ0) is 24.6. The highest BCUT2D eigenvalue weighted by Gasteiger charge is 2.40. The van der Waals surface area contributed by atoms with Gasteiger partial charge < -0.3 is 30.1 Å². The first-order valence-electron chi connectivity index (χ1n) is 12.0. The summed E-state index contributed by atoms with van der Waals surface area (Å²) in [6, 6.07) is 14.8. The maximum Gasteiger partial charge on any atom is 0.322 e. The number of amides is 3. The molecule has 188 valence electrons. The summed E-state index contributed by atoms with van der Waals surface area (Å²) in [4.78, 5) is 27.1. The molecule has 2 saturated heterocycles. The Morgan fingerprint density at radius 3 is 2.60 bits per heavy atom. The average Bonchev–Trinajstić information content (AvgIpc) is 2.84. The number of benzene rings is 2. The van der Waals surface area contributed by atoms with E-state index in [1.807, 2.05) is 30.3 Å². The van der Waals surface area contributed by atoms with E-state index >= 15 is 0 Å². The normalized spacial score (nSPS) is 24.6. The average molecular weight is 486 g/mol. The minimum atomic E-state index is -0.831. The van der Waals surface area contributed by atoms with Crippen LogP contribution in [0.25, 0.3) is 0 Å². The molecule has 0 unspecified atom stereocenters. The summed E-state index contributed by atoms with van der Waals surface area (Å²) in [5, 5.41) is 16.0. The minimum Gasteiger partial charge on any atom is -0.389 e. The quantitative estimate of drug-likeness (QED) is 0.584. The molecule has 0 aromatic heterocycles. The van der Waals surface area contributed by atoms with Crippen molar-refractivity contribution in [3.05, 3.63) is 66.0 Å². The fraction of sp³-hybridized carbons (Fsp3) is 0.462. The SMILES string of the molecule is O=C(C[C@H]1CC[C@H]2[C@@H](COC[C@H](O)CN2C(=O)Nc2ccc(F)cc2)O1)NCCc1ccccc1. The smallest absolute Gasteiger partial charge is 0.322 e. The van der Waals surface area contributed by atoms with Gasteiger partial charge in [0.1, 0.15) is 11.9 Å². The van der Waals surface area contributed by atoms with E-state index in [4.69, 9.17) is 9.47 Å². The maximum atomic E-state index is 13.2. The number of nitrogens with zero attached hydrogens (tertiary/aromatic N) is 1. The molecule has 9 heteroatoms. The first-order valence-corrected chi connectivity index (χ1v) is 12.0. The second-order valence-corrected chi connectivity index (χ2v) is 9.01. The zero-order valence-electron chi connectivity index (χ0n) is 19.6. The molecule has 2 heterocycles. The lowest BCUT2D eigenvalue weighted by Gasteiger charge is -2.44. The predicted octanol–water partition coefficient (Wildman–Crippen LogP) is 2.72. The molecule has 3 amide bonds. The van der Waals surface area contributed by atoms with Gasteiger partial charge in [0, 0.05) is 12.2 Å². The second-order valence-electron chi connectivity index (χ2n) is 9.01. The molecule has 3 N–H and O–H groups in total. The van der Waals surface area contributed by atoms with E-state index in [1.165, 1.54) is 24.3 Å². The summed E-state index contributed by atoms with van der Waals surface area (Å²) in [6.45, 7) is 0.938. The maximum absolute atomic E-state index is 13.2. The lowest BCUT2D eigenvalue weighted by Crippen LogP contribution is -2.58. The van der Waals surface area contributed by atoms with Crippen molar-refractivity contribution < 1.29 is 28.6 Å². The molecule has 0 aliphatic carbocycles. The number of rotatable bonds is 6. The summed E-state index contributed by atoms with van der Waals surface area (Å²) in [7, 11) is 0. The van der Waals surface area contributed by atoms with Crippen molar-refractivity contribution in [1.82, 2.24) is 10.2 Å². The van der Waals surface area contributed by atoms with Crippen LogP contribution in [0.2, 0.25) is 0 Å². The van der Waals surface area contributed by atoms with Gasteiger partial charge in [0.15, 0.2) is 0 Å². The number of ether oxygens (including phenoxy) is 2. The van der Waals surface area contributed by atoms with Crippen LogP contribution in [0.3, 0.4) is 0 Å². The molecule has 0 radical (unpaired) electrons. The van der Waals surface area contributed by atoms with E-state index in [9.17, 15) is 19.1 Å². The number of aliphatic hydroxyl groups excluding tert-OH is 1. The number of halogens is 1. The summed E-state index contributed by atoms with van der Waals surface area (Å²) >= 11 is 0. The molecule has 2 aromatic carbocycles. The molecule has 8 nitrogen and oxygen atoms in total. The molecule has 35 heavy (non-hydrogen) atoms. The fourth-order valence-electron chi connectivity index (χ4n) is 4.57. The summed E-state index contributed by atoms with van der Waals surface area (Å²) in [5.74, 6) is -0.463. The number of anilines is 1. The van der Waals surface area contributed by atoms with Gasteiger partial charge in [-0.2, -0.15) is 0 Å². The third kappa shape index (κ3) is 7.24. The lowest BCUT2D eigenvalue weighted by atomic mass is 9.95. The number of β-amino-alcohol motifs (C(OH)–C–C–N with tert-alkyl or cyclic N) is 1. The summed E-state index contributed by atoms with van der Waals surface area (Å²) < 4.78 is 25.0. The number of carbonyl (C=O) groups is 2.